The van der Waals surface area contributed by atoms with Crippen molar-refractivity contribution >= 4 is 17.2 Å². The number of nitrogens with one attached hydrogen (secondary N) is 1. The predicted octanol–water partition coefficient (Wildman–Crippen LogP) is 2.91. The van der Waals surface area contributed by atoms with Gasteiger partial charge < -0.3 is 10.2 Å². The molecule has 1 aliphatic carbocycles. The van der Waals surface area contributed by atoms with Gasteiger partial charge in [-0.1, -0.05) is 18.9 Å². The van der Waals surface area contributed by atoms with Crippen LogP contribution in [0.3, 0.4) is 0 Å². The maximum Gasteiger partial charge on any atom is 0.239 e. The number of hydrogen-bond acceptors (Lipinski definition) is 4. The summed E-state index contributed by atoms with van der Waals surface area (Å²) in [6.45, 7) is 3.27. The van der Waals surface area contributed by atoms with Crippen LogP contribution >= 0.6 is 11.3 Å². The Kier molecular flexibility index (Phi) is 5.98. The average Bonchev–Trinajstić information content (AvgIpc) is 3.20. The number of nitriles is 1. The van der Waals surface area contributed by atoms with Gasteiger partial charge in [-0.2, -0.15) is 5.26 Å². The second-order valence-corrected chi connectivity index (χ2v) is 7.18. The number of nitrogens with zero attached hydrogens (tertiary/aromatic N) is 2. The van der Waals surface area contributed by atoms with Crippen molar-refractivity contribution in [3.8, 4) is 6.07 Å². The molecule has 0 aromatic carbocycles. The van der Waals surface area contributed by atoms with Crippen molar-refractivity contribution in [1.82, 2.24) is 10.2 Å². The number of rotatable bonds is 7. The third-order valence-electron chi connectivity index (χ3n) is 4.66. The van der Waals surface area contributed by atoms with Crippen LogP contribution in [0.15, 0.2) is 17.5 Å². The molecule has 0 spiro atoms. The highest BCUT2D eigenvalue weighted by molar-refractivity contribution is 7.10. The van der Waals surface area contributed by atoms with Gasteiger partial charge in [0, 0.05) is 30.4 Å². The zero-order valence-electron chi connectivity index (χ0n) is 13.5. The lowest BCUT2D eigenvalue weighted by molar-refractivity contribution is -0.131. The third kappa shape index (κ3) is 3.88. The topological polar surface area (TPSA) is 56.1 Å². The minimum absolute atomic E-state index is 0.0644. The van der Waals surface area contributed by atoms with E-state index in [0.29, 0.717) is 13.0 Å². The smallest absolute Gasteiger partial charge is 0.239 e. The molecular weight excluding hydrogens is 294 g/mol. The molecule has 5 heteroatoms. The first-order chi connectivity index (χ1) is 10.6. The number of hydrogen-bond donors (Lipinski definition) is 1. The monoisotopic (exact) mass is 319 g/mol. The van der Waals surface area contributed by atoms with Crippen LogP contribution in [0.5, 0.6) is 0 Å². The van der Waals surface area contributed by atoms with E-state index in [1.807, 2.05) is 18.3 Å². The van der Waals surface area contributed by atoms with Crippen LogP contribution in [0.2, 0.25) is 0 Å². The molecule has 0 aliphatic heterocycles. The van der Waals surface area contributed by atoms with Crippen LogP contribution in [0.25, 0.3) is 0 Å². The Morgan fingerprint density at radius 3 is 2.86 bits per heavy atom. The summed E-state index contributed by atoms with van der Waals surface area (Å²) in [5.41, 5.74) is 0.202. The Morgan fingerprint density at radius 2 is 2.27 bits per heavy atom. The zero-order valence-corrected chi connectivity index (χ0v) is 14.3. The summed E-state index contributed by atoms with van der Waals surface area (Å²) in [4.78, 5) is 15.4. The Bertz CT molecular complexity index is 515. The van der Waals surface area contributed by atoms with Crippen LogP contribution in [-0.4, -0.2) is 37.0 Å². The normalized spacial score (nSPS) is 17.9. The largest absolute Gasteiger partial charge is 0.343 e. The van der Waals surface area contributed by atoms with Gasteiger partial charge in [0.2, 0.25) is 5.91 Å². The van der Waals surface area contributed by atoms with Crippen molar-refractivity contribution in [3.05, 3.63) is 22.4 Å². The van der Waals surface area contributed by atoms with Gasteiger partial charge in [-0.25, -0.2) is 0 Å². The van der Waals surface area contributed by atoms with Crippen molar-refractivity contribution in [2.45, 2.75) is 50.5 Å². The highest BCUT2D eigenvalue weighted by atomic mass is 32.1. The van der Waals surface area contributed by atoms with Crippen LogP contribution in [0, 0.1) is 11.3 Å². The summed E-state index contributed by atoms with van der Waals surface area (Å²) < 4.78 is 0. The Hall–Kier alpha value is -1.38. The molecule has 1 fully saturated rings. The molecule has 0 radical (unpaired) electrons. The van der Waals surface area contributed by atoms with E-state index in [4.69, 9.17) is 5.26 Å². The molecular formula is C17H25N3OS. The Labute approximate surface area is 137 Å². The standard InChI is InChI=1S/C17H25N3OS/c1-14(16(21)20(2)11-6-10-18)19-13-17(8-3-4-9-17)15-7-5-12-22-15/h5,7,12,14,19H,3-4,6,8-9,11,13H2,1-2H3/t14-/m1/s1. The molecule has 1 amide bonds. The molecule has 1 N–H and O–H groups in total. The lowest BCUT2D eigenvalue weighted by Gasteiger charge is -2.30. The zero-order chi connectivity index (χ0) is 16.0. The molecule has 1 aromatic heterocycles. The molecule has 2 rings (SSSR count). The number of carbonyl (C=O) groups excluding carboxylic acids is 1. The fourth-order valence-electron chi connectivity index (χ4n) is 3.24. The second kappa shape index (κ2) is 7.75. The Balaban J connectivity index is 1.93. The van der Waals surface area contributed by atoms with Crippen molar-refractivity contribution in [3.63, 3.8) is 0 Å². The molecule has 1 aliphatic rings. The van der Waals surface area contributed by atoms with Gasteiger partial charge in [-0.15, -0.1) is 11.3 Å². The van der Waals surface area contributed by atoms with E-state index in [9.17, 15) is 4.79 Å². The minimum atomic E-state index is -0.207. The van der Waals surface area contributed by atoms with Gasteiger partial charge in [0.15, 0.2) is 0 Å². The SMILES string of the molecule is C[C@@H](NCC1(c2cccs2)CCCC1)C(=O)N(C)CCC#N. The summed E-state index contributed by atoms with van der Waals surface area (Å²) in [5, 5.41) is 14.2. The van der Waals surface area contributed by atoms with E-state index in [1.54, 1.807) is 11.9 Å². The molecule has 0 unspecified atom stereocenters. The fourth-order valence-corrected chi connectivity index (χ4v) is 4.22. The molecule has 22 heavy (non-hydrogen) atoms. The predicted molar refractivity (Wildman–Crippen MR) is 89.8 cm³/mol. The van der Waals surface area contributed by atoms with Gasteiger partial charge in [0.05, 0.1) is 18.5 Å². The number of thiophene rings is 1. The van der Waals surface area contributed by atoms with E-state index in [0.717, 1.165) is 6.54 Å². The number of amides is 1. The third-order valence-corrected chi connectivity index (χ3v) is 5.77. The quantitative estimate of drug-likeness (QED) is 0.841. The molecule has 1 aromatic rings. The Morgan fingerprint density at radius 1 is 1.55 bits per heavy atom. The number of likely N-dealkylation sites (N-methyl/N-ethyl adjacent to an activating group) is 1. The van der Waals surface area contributed by atoms with Gasteiger partial charge in [-0.3, -0.25) is 4.79 Å². The second-order valence-electron chi connectivity index (χ2n) is 6.24. The lowest BCUT2D eigenvalue weighted by Crippen LogP contribution is -2.47. The summed E-state index contributed by atoms with van der Waals surface area (Å²) in [6.07, 6.45) is 5.32. The minimum Gasteiger partial charge on any atom is -0.343 e. The van der Waals surface area contributed by atoms with Crippen molar-refractivity contribution < 1.29 is 4.79 Å². The first-order valence-electron chi connectivity index (χ1n) is 7.98. The summed E-state index contributed by atoms with van der Waals surface area (Å²) >= 11 is 1.83. The van der Waals surface area contributed by atoms with Crippen LogP contribution in [0.1, 0.15) is 43.9 Å². The highest BCUT2D eigenvalue weighted by Gasteiger charge is 2.37. The fraction of sp³-hybridized carbons (Fsp3) is 0.647. The molecule has 1 atom stereocenters. The van der Waals surface area contributed by atoms with Crippen LogP contribution in [-0.2, 0) is 10.2 Å². The van der Waals surface area contributed by atoms with E-state index >= 15 is 0 Å². The first kappa shape index (κ1) is 17.0. The molecule has 4 nitrogen and oxygen atoms in total. The van der Waals surface area contributed by atoms with Crippen molar-refractivity contribution in [1.29, 1.82) is 5.26 Å². The lowest BCUT2D eigenvalue weighted by atomic mass is 9.84. The highest BCUT2D eigenvalue weighted by Crippen LogP contribution is 2.42. The van der Waals surface area contributed by atoms with Gasteiger partial charge >= 0.3 is 0 Å². The van der Waals surface area contributed by atoms with Gasteiger partial charge in [0.25, 0.3) is 0 Å². The van der Waals surface area contributed by atoms with Gasteiger partial charge in [0.1, 0.15) is 0 Å². The molecule has 0 saturated heterocycles. The van der Waals surface area contributed by atoms with Crippen LogP contribution in [0.4, 0.5) is 0 Å². The molecule has 0 bridgehead atoms. The molecule has 1 heterocycles. The van der Waals surface area contributed by atoms with Crippen molar-refractivity contribution in [2.24, 2.45) is 0 Å². The van der Waals surface area contributed by atoms with E-state index in [2.05, 4.69) is 28.9 Å². The summed E-state index contributed by atoms with van der Waals surface area (Å²) in [6, 6.07) is 6.21. The maximum absolute atomic E-state index is 12.3. The molecule has 1 saturated carbocycles. The maximum atomic E-state index is 12.3. The van der Waals surface area contributed by atoms with E-state index in [1.165, 1.54) is 30.6 Å². The van der Waals surface area contributed by atoms with Crippen molar-refractivity contribution in [2.75, 3.05) is 20.1 Å². The first-order valence-corrected chi connectivity index (χ1v) is 8.86. The summed E-state index contributed by atoms with van der Waals surface area (Å²) in [7, 11) is 1.77. The van der Waals surface area contributed by atoms with E-state index < -0.39 is 0 Å². The number of carbonyl (C=O) groups is 1. The van der Waals surface area contributed by atoms with Crippen LogP contribution < -0.4 is 5.32 Å². The van der Waals surface area contributed by atoms with Gasteiger partial charge in [-0.05, 0) is 31.2 Å². The average molecular weight is 319 g/mol. The molecule has 120 valence electrons. The van der Waals surface area contributed by atoms with E-state index in [-0.39, 0.29) is 17.4 Å². The summed E-state index contributed by atoms with van der Waals surface area (Å²) in [5.74, 6) is 0.0644.